The number of nitrogens with zero attached hydrogens (tertiary/aromatic N) is 1. The van der Waals surface area contributed by atoms with E-state index in [1.807, 2.05) is 0 Å². The third kappa shape index (κ3) is 3.87. The summed E-state index contributed by atoms with van der Waals surface area (Å²) in [6, 6.07) is 10.9. The first-order valence-electron chi connectivity index (χ1n) is 10.4. The number of likely N-dealkylation sites (N-methyl/N-ethyl adjacent to an activating group) is 1. The van der Waals surface area contributed by atoms with Crippen LogP contribution in [0.25, 0.3) is 0 Å². The molecule has 0 radical (unpaired) electrons. The van der Waals surface area contributed by atoms with Gasteiger partial charge in [0.25, 0.3) is 11.6 Å². The molecule has 4 N–H and O–H groups in total. The molecule has 2 aromatic rings. The molecule has 4 rings (SSSR count). The van der Waals surface area contributed by atoms with Gasteiger partial charge >= 0.3 is 6.03 Å². The maximum Gasteiger partial charge on any atom is 0.329 e. The lowest BCUT2D eigenvalue weighted by molar-refractivity contribution is -0.909. The third-order valence-electron chi connectivity index (χ3n) is 6.14. The first-order valence-corrected chi connectivity index (χ1v) is 11.1. The van der Waals surface area contributed by atoms with Crippen molar-refractivity contribution in [2.45, 2.75) is 31.5 Å². The van der Waals surface area contributed by atoms with Crippen LogP contribution in [0.15, 0.2) is 42.5 Å². The predicted octanol–water partition coefficient (Wildman–Crippen LogP) is 2.37. The Kier molecular flexibility index (Phi) is 6.12. The lowest BCUT2D eigenvalue weighted by Crippen LogP contribution is -3.14. The quantitative estimate of drug-likeness (QED) is 0.548. The van der Waals surface area contributed by atoms with Gasteiger partial charge in [-0.2, -0.15) is 0 Å². The van der Waals surface area contributed by atoms with Crippen LogP contribution in [0.1, 0.15) is 25.3 Å². The molecule has 9 heteroatoms. The molecular weight excluding hydrogens is 439 g/mol. The summed E-state index contributed by atoms with van der Waals surface area (Å²) in [6.07, 6.45) is 2.12. The van der Waals surface area contributed by atoms with Crippen molar-refractivity contribution in [3.8, 4) is 0 Å². The number of para-hydroxylation sites is 1. The van der Waals surface area contributed by atoms with Crippen molar-refractivity contribution in [1.82, 2.24) is 5.32 Å². The molecule has 3 atom stereocenters. The Balaban J connectivity index is 1.72. The topological polar surface area (TPSA) is 86.1 Å². The Bertz CT molecular complexity index is 1020. The zero-order valence-electron chi connectivity index (χ0n) is 17.1. The summed E-state index contributed by atoms with van der Waals surface area (Å²) in [5, 5.41) is 17.9. The Morgan fingerprint density at radius 1 is 1.29 bits per heavy atom. The number of benzene rings is 2. The zero-order chi connectivity index (χ0) is 22.2. The van der Waals surface area contributed by atoms with Crippen molar-refractivity contribution >= 4 is 46.5 Å². The lowest BCUT2D eigenvalue weighted by atomic mass is 9.94. The predicted molar refractivity (Wildman–Crippen MR) is 121 cm³/mol. The number of nitrogens with one attached hydrogen (secondary N) is 3. The number of likely N-dealkylation sites (tertiary alicyclic amines) is 1. The Labute approximate surface area is 190 Å². The number of quaternary nitrogens is 1. The fraction of sp³-hybridized carbons (Fsp3) is 0.364. The number of aliphatic hydroxyl groups is 1. The smallest absolute Gasteiger partial charge is 0.329 e. The number of carbonyl (C=O) groups is 2. The number of hydrogen-bond donors (Lipinski definition) is 4. The van der Waals surface area contributed by atoms with E-state index in [-0.39, 0.29) is 22.3 Å². The van der Waals surface area contributed by atoms with E-state index in [4.69, 9.17) is 23.2 Å². The standard InChI is InChI=1S/C22H24Cl2N4O3/c1-2-27-11-5-6-15(27)13-25-20(29)22(31)16-7-3-4-8-19(16)26-21(30)28(22)14-9-10-17(23)18(24)12-14/h3-4,7-10,12,15,31H,2,5-6,11,13H2,1H3,(H,25,29)(H,26,30)/p+1. The van der Waals surface area contributed by atoms with E-state index >= 15 is 0 Å². The molecule has 7 nitrogen and oxygen atoms in total. The molecule has 3 unspecified atom stereocenters. The first-order chi connectivity index (χ1) is 14.9. The second kappa shape index (κ2) is 8.67. The van der Waals surface area contributed by atoms with E-state index in [1.165, 1.54) is 17.0 Å². The molecule has 2 heterocycles. The lowest BCUT2D eigenvalue weighted by Gasteiger charge is -2.42. The summed E-state index contributed by atoms with van der Waals surface area (Å²) >= 11 is 12.2. The number of halogens is 2. The van der Waals surface area contributed by atoms with Gasteiger partial charge in [0.05, 0.1) is 41.1 Å². The summed E-state index contributed by atoms with van der Waals surface area (Å²) in [6.45, 7) is 4.59. The molecule has 1 fully saturated rings. The van der Waals surface area contributed by atoms with E-state index in [0.29, 0.717) is 17.3 Å². The van der Waals surface area contributed by atoms with Crippen molar-refractivity contribution in [1.29, 1.82) is 0 Å². The molecular formula is C22H25Cl2N4O3+. The van der Waals surface area contributed by atoms with Crippen molar-refractivity contribution in [2.24, 2.45) is 0 Å². The van der Waals surface area contributed by atoms with Gasteiger partial charge in [-0.1, -0.05) is 41.4 Å². The first kappa shape index (κ1) is 21.9. The van der Waals surface area contributed by atoms with Crippen LogP contribution >= 0.6 is 23.2 Å². The highest BCUT2D eigenvalue weighted by molar-refractivity contribution is 6.42. The number of carbonyl (C=O) groups excluding carboxylic acids is 2. The number of anilines is 2. The molecule has 1 saturated heterocycles. The highest BCUT2D eigenvalue weighted by atomic mass is 35.5. The minimum Gasteiger partial charge on any atom is -0.359 e. The van der Waals surface area contributed by atoms with Crippen molar-refractivity contribution in [3.05, 3.63) is 58.1 Å². The van der Waals surface area contributed by atoms with Gasteiger partial charge in [-0.05, 0) is 31.2 Å². The maximum absolute atomic E-state index is 13.5. The fourth-order valence-corrected chi connectivity index (χ4v) is 4.81. The van der Waals surface area contributed by atoms with Gasteiger partial charge in [0.15, 0.2) is 0 Å². The molecule has 2 aliphatic rings. The van der Waals surface area contributed by atoms with Crippen LogP contribution in [0.5, 0.6) is 0 Å². The molecule has 0 aliphatic carbocycles. The van der Waals surface area contributed by atoms with Gasteiger partial charge in [-0.3, -0.25) is 9.69 Å². The van der Waals surface area contributed by atoms with Gasteiger partial charge in [-0.15, -0.1) is 0 Å². The highest BCUT2D eigenvalue weighted by Crippen LogP contribution is 2.41. The van der Waals surface area contributed by atoms with Crippen LogP contribution in [0.3, 0.4) is 0 Å². The average molecular weight is 464 g/mol. The monoisotopic (exact) mass is 463 g/mol. The molecule has 3 amide bonds. The second-order valence-corrected chi connectivity index (χ2v) is 8.71. The fourth-order valence-electron chi connectivity index (χ4n) is 4.52. The number of amides is 3. The van der Waals surface area contributed by atoms with Gasteiger partial charge in [0.2, 0.25) is 0 Å². The molecule has 2 aliphatic heterocycles. The van der Waals surface area contributed by atoms with E-state index in [9.17, 15) is 14.7 Å². The highest BCUT2D eigenvalue weighted by Gasteiger charge is 2.52. The van der Waals surface area contributed by atoms with Gasteiger partial charge < -0.3 is 20.6 Å². The van der Waals surface area contributed by atoms with Crippen LogP contribution in [0.4, 0.5) is 16.2 Å². The summed E-state index contributed by atoms with van der Waals surface area (Å²) in [7, 11) is 0. The molecule has 0 bridgehead atoms. The molecule has 0 spiro atoms. The number of urea groups is 1. The van der Waals surface area contributed by atoms with Crippen molar-refractivity contribution in [3.63, 3.8) is 0 Å². The second-order valence-electron chi connectivity index (χ2n) is 7.89. The molecule has 2 aromatic carbocycles. The van der Waals surface area contributed by atoms with Crippen molar-refractivity contribution in [2.75, 3.05) is 29.9 Å². The number of rotatable bonds is 5. The van der Waals surface area contributed by atoms with E-state index in [0.717, 1.165) is 30.8 Å². The Hall–Kier alpha value is -2.32. The van der Waals surface area contributed by atoms with E-state index < -0.39 is 17.7 Å². The molecule has 164 valence electrons. The molecule has 0 saturated carbocycles. The number of fused-ring (bicyclic) bond motifs is 1. The minimum absolute atomic E-state index is 0.210. The SMILES string of the molecule is CC[NH+]1CCCC1CNC(=O)C1(O)c2ccccc2NC(=O)N1c1ccc(Cl)c(Cl)c1. The number of hydrogen-bond acceptors (Lipinski definition) is 3. The van der Waals surface area contributed by atoms with Crippen LogP contribution in [0.2, 0.25) is 10.0 Å². The third-order valence-corrected chi connectivity index (χ3v) is 6.88. The van der Waals surface area contributed by atoms with Crippen molar-refractivity contribution < 1.29 is 19.6 Å². The normalized spacial score (nSPS) is 25.2. The van der Waals surface area contributed by atoms with Crippen LogP contribution in [-0.2, 0) is 10.5 Å². The van der Waals surface area contributed by atoms with Crippen LogP contribution < -0.4 is 20.4 Å². The van der Waals surface area contributed by atoms with Gasteiger partial charge in [-0.25, -0.2) is 4.79 Å². The van der Waals surface area contributed by atoms with Crippen LogP contribution in [0, 0.1) is 0 Å². The summed E-state index contributed by atoms with van der Waals surface area (Å²) < 4.78 is 0. The summed E-state index contributed by atoms with van der Waals surface area (Å²) in [4.78, 5) is 28.9. The molecule has 31 heavy (non-hydrogen) atoms. The summed E-state index contributed by atoms with van der Waals surface area (Å²) in [5.74, 6) is -0.664. The van der Waals surface area contributed by atoms with E-state index in [1.54, 1.807) is 30.3 Å². The molecule has 0 aromatic heterocycles. The average Bonchev–Trinajstić information content (AvgIpc) is 3.22. The van der Waals surface area contributed by atoms with Gasteiger partial charge in [0.1, 0.15) is 6.04 Å². The Morgan fingerprint density at radius 3 is 2.81 bits per heavy atom. The zero-order valence-corrected chi connectivity index (χ0v) is 18.6. The summed E-state index contributed by atoms with van der Waals surface area (Å²) in [5.41, 5.74) is -1.34. The minimum atomic E-state index is -2.25. The Morgan fingerprint density at radius 2 is 2.06 bits per heavy atom. The maximum atomic E-state index is 13.5. The van der Waals surface area contributed by atoms with E-state index in [2.05, 4.69) is 17.6 Å². The van der Waals surface area contributed by atoms with Gasteiger partial charge in [0, 0.05) is 18.4 Å². The van der Waals surface area contributed by atoms with Crippen LogP contribution in [-0.4, -0.2) is 42.7 Å². The largest absolute Gasteiger partial charge is 0.359 e.